The Morgan fingerprint density at radius 1 is 1.25 bits per heavy atom. The molecule has 0 unspecified atom stereocenters. The lowest BCUT2D eigenvalue weighted by atomic mass is 10.1. The SMILES string of the molecule is CCOCc1cc(C(=O)OCC(=O)c2c(N)n(C)c(=O)[nH]c2=O)ccc1OC. The van der Waals surface area contributed by atoms with E-state index in [2.05, 4.69) is 0 Å². The number of ketones is 1. The molecule has 10 nitrogen and oxygen atoms in total. The lowest BCUT2D eigenvalue weighted by Gasteiger charge is -2.11. The summed E-state index contributed by atoms with van der Waals surface area (Å²) >= 11 is 0. The van der Waals surface area contributed by atoms with E-state index >= 15 is 0 Å². The lowest BCUT2D eigenvalue weighted by Crippen LogP contribution is -2.35. The maximum absolute atomic E-state index is 12.3. The minimum Gasteiger partial charge on any atom is -0.496 e. The van der Waals surface area contributed by atoms with Crippen molar-refractivity contribution in [3.8, 4) is 5.75 Å². The third kappa shape index (κ3) is 4.46. The molecule has 150 valence electrons. The van der Waals surface area contributed by atoms with Crippen molar-refractivity contribution in [2.45, 2.75) is 13.5 Å². The Morgan fingerprint density at radius 3 is 2.61 bits per heavy atom. The van der Waals surface area contributed by atoms with E-state index in [-0.39, 0.29) is 18.0 Å². The van der Waals surface area contributed by atoms with Crippen LogP contribution in [0.15, 0.2) is 27.8 Å². The summed E-state index contributed by atoms with van der Waals surface area (Å²) in [5.41, 5.74) is 4.35. The molecule has 0 aliphatic carbocycles. The van der Waals surface area contributed by atoms with E-state index in [4.69, 9.17) is 19.9 Å². The van der Waals surface area contributed by atoms with Crippen molar-refractivity contribution in [3.63, 3.8) is 0 Å². The number of esters is 1. The number of Topliss-reactive ketones (excluding diaryl/α,β-unsaturated/α-hetero) is 1. The molecule has 0 atom stereocenters. The van der Waals surface area contributed by atoms with Gasteiger partial charge in [-0.25, -0.2) is 9.59 Å². The predicted molar refractivity (Wildman–Crippen MR) is 99.7 cm³/mol. The van der Waals surface area contributed by atoms with Crippen LogP contribution in [0, 0.1) is 0 Å². The monoisotopic (exact) mass is 391 g/mol. The number of aromatic nitrogens is 2. The van der Waals surface area contributed by atoms with Crippen LogP contribution in [0.1, 0.15) is 33.2 Å². The molecule has 10 heteroatoms. The van der Waals surface area contributed by atoms with Gasteiger partial charge in [-0.2, -0.15) is 0 Å². The summed E-state index contributed by atoms with van der Waals surface area (Å²) in [6.07, 6.45) is 0. The molecule has 28 heavy (non-hydrogen) atoms. The molecule has 0 saturated heterocycles. The lowest BCUT2D eigenvalue weighted by molar-refractivity contribution is 0.0474. The molecule has 0 bridgehead atoms. The Hall–Kier alpha value is -3.40. The molecule has 3 N–H and O–H groups in total. The highest BCUT2D eigenvalue weighted by Crippen LogP contribution is 2.21. The van der Waals surface area contributed by atoms with Crippen LogP contribution in [0.3, 0.4) is 0 Å². The van der Waals surface area contributed by atoms with Gasteiger partial charge in [-0.05, 0) is 25.1 Å². The van der Waals surface area contributed by atoms with E-state index in [0.29, 0.717) is 17.9 Å². The number of hydrogen-bond donors (Lipinski definition) is 2. The number of anilines is 1. The number of ether oxygens (including phenoxy) is 3. The normalized spacial score (nSPS) is 10.5. The fourth-order valence-electron chi connectivity index (χ4n) is 2.42. The van der Waals surface area contributed by atoms with Crippen molar-refractivity contribution in [2.75, 3.05) is 26.1 Å². The van der Waals surface area contributed by atoms with Gasteiger partial charge in [0.15, 0.2) is 6.61 Å². The number of nitrogens with one attached hydrogen (secondary N) is 1. The first-order valence-corrected chi connectivity index (χ1v) is 8.33. The first-order valence-electron chi connectivity index (χ1n) is 8.33. The van der Waals surface area contributed by atoms with Crippen molar-refractivity contribution in [2.24, 2.45) is 7.05 Å². The zero-order chi connectivity index (χ0) is 20.8. The second-order valence-corrected chi connectivity index (χ2v) is 5.74. The smallest absolute Gasteiger partial charge is 0.338 e. The van der Waals surface area contributed by atoms with Gasteiger partial charge < -0.3 is 19.9 Å². The summed E-state index contributed by atoms with van der Waals surface area (Å²) in [5.74, 6) is -1.36. The van der Waals surface area contributed by atoms with E-state index in [0.717, 1.165) is 4.57 Å². The quantitative estimate of drug-likeness (QED) is 0.481. The number of carbonyl (C=O) groups excluding carboxylic acids is 2. The summed E-state index contributed by atoms with van der Waals surface area (Å²) in [4.78, 5) is 49.8. The molecule has 2 rings (SSSR count). The van der Waals surface area contributed by atoms with Crippen LogP contribution >= 0.6 is 0 Å². The third-order valence-corrected chi connectivity index (χ3v) is 3.96. The number of methoxy groups -OCH3 is 1. The van der Waals surface area contributed by atoms with Gasteiger partial charge >= 0.3 is 11.7 Å². The second-order valence-electron chi connectivity index (χ2n) is 5.74. The standard InChI is InChI=1S/C18H21N3O7/c1-4-27-8-11-7-10(5-6-13(11)26-3)17(24)28-9-12(22)14-15(19)21(2)18(25)20-16(14)23/h5-7H,4,8-9,19H2,1-3H3,(H,20,23,25). The van der Waals surface area contributed by atoms with Crippen LogP contribution in [-0.4, -0.2) is 41.6 Å². The molecule has 2 aromatic rings. The summed E-state index contributed by atoms with van der Waals surface area (Å²) in [7, 11) is 2.80. The number of H-pyrrole nitrogens is 1. The number of nitrogen functional groups attached to an aromatic ring is 1. The second kappa shape index (κ2) is 9.00. The van der Waals surface area contributed by atoms with Gasteiger partial charge in [0, 0.05) is 19.2 Å². The number of nitrogens with two attached hydrogens (primary N) is 1. The van der Waals surface area contributed by atoms with Gasteiger partial charge in [0.2, 0.25) is 5.78 Å². The number of rotatable bonds is 8. The minimum absolute atomic E-state index is 0.186. The number of hydrogen-bond acceptors (Lipinski definition) is 8. The van der Waals surface area contributed by atoms with Crippen LogP contribution in [-0.2, 0) is 23.1 Å². The molecule has 0 saturated carbocycles. The Morgan fingerprint density at radius 2 is 1.96 bits per heavy atom. The average Bonchev–Trinajstić information content (AvgIpc) is 2.68. The first-order chi connectivity index (χ1) is 13.3. The Labute approximate surface area is 159 Å². The molecule has 1 aromatic carbocycles. The Balaban J connectivity index is 2.16. The highest BCUT2D eigenvalue weighted by atomic mass is 16.5. The topological polar surface area (TPSA) is 143 Å². The summed E-state index contributed by atoms with van der Waals surface area (Å²) < 4.78 is 16.5. The number of aromatic amines is 1. The number of benzene rings is 1. The maximum Gasteiger partial charge on any atom is 0.338 e. The predicted octanol–water partition coefficient (Wildman–Crippen LogP) is 0.241. The van der Waals surface area contributed by atoms with Crippen LogP contribution in [0.4, 0.5) is 5.82 Å². The molecule has 0 fully saturated rings. The van der Waals surface area contributed by atoms with Crippen molar-refractivity contribution in [1.82, 2.24) is 9.55 Å². The van der Waals surface area contributed by atoms with Crippen molar-refractivity contribution in [1.29, 1.82) is 0 Å². The van der Waals surface area contributed by atoms with E-state index in [1.54, 1.807) is 6.07 Å². The fraction of sp³-hybridized carbons (Fsp3) is 0.333. The first kappa shape index (κ1) is 20.9. The van der Waals surface area contributed by atoms with E-state index in [1.807, 2.05) is 11.9 Å². The van der Waals surface area contributed by atoms with Gasteiger partial charge in [0.1, 0.15) is 17.1 Å². The maximum atomic E-state index is 12.3. The van der Waals surface area contributed by atoms with E-state index < -0.39 is 35.2 Å². The molecular formula is C18H21N3O7. The zero-order valence-electron chi connectivity index (χ0n) is 15.7. The van der Waals surface area contributed by atoms with Gasteiger partial charge in [-0.1, -0.05) is 0 Å². The molecule has 0 aliphatic heterocycles. The van der Waals surface area contributed by atoms with Crippen LogP contribution < -0.4 is 21.7 Å². The van der Waals surface area contributed by atoms with Gasteiger partial charge in [0.05, 0.1) is 19.3 Å². The Kier molecular flexibility index (Phi) is 6.72. The largest absolute Gasteiger partial charge is 0.496 e. The van der Waals surface area contributed by atoms with Crippen molar-refractivity contribution < 1.29 is 23.8 Å². The van der Waals surface area contributed by atoms with Crippen LogP contribution in [0.25, 0.3) is 0 Å². The Bertz CT molecular complexity index is 1010. The number of carbonyl (C=O) groups is 2. The number of nitrogens with zero attached hydrogens (tertiary/aromatic N) is 1. The molecule has 0 spiro atoms. The highest BCUT2D eigenvalue weighted by Gasteiger charge is 2.20. The van der Waals surface area contributed by atoms with Gasteiger partial charge in [0.25, 0.3) is 5.56 Å². The van der Waals surface area contributed by atoms with E-state index in [1.165, 1.54) is 26.3 Å². The fourth-order valence-corrected chi connectivity index (χ4v) is 2.42. The molecule has 0 amide bonds. The van der Waals surface area contributed by atoms with Crippen molar-refractivity contribution >= 4 is 17.6 Å². The molecular weight excluding hydrogens is 370 g/mol. The summed E-state index contributed by atoms with van der Waals surface area (Å²) in [6, 6.07) is 4.60. The van der Waals surface area contributed by atoms with Crippen LogP contribution in [0.5, 0.6) is 5.75 Å². The minimum atomic E-state index is -0.940. The average molecular weight is 391 g/mol. The third-order valence-electron chi connectivity index (χ3n) is 3.96. The summed E-state index contributed by atoms with van der Waals surface area (Å²) in [6.45, 7) is 1.85. The zero-order valence-corrected chi connectivity index (χ0v) is 15.7. The molecule has 1 aromatic heterocycles. The van der Waals surface area contributed by atoms with Gasteiger partial charge in [-0.15, -0.1) is 0 Å². The van der Waals surface area contributed by atoms with Gasteiger partial charge in [-0.3, -0.25) is 19.1 Å². The van der Waals surface area contributed by atoms with Crippen LogP contribution in [0.2, 0.25) is 0 Å². The summed E-state index contributed by atoms with van der Waals surface area (Å²) in [5, 5.41) is 0. The van der Waals surface area contributed by atoms with Crippen molar-refractivity contribution in [3.05, 3.63) is 55.7 Å². The molecule has 0 aliphatic rings. The highest BCUT2D eigenvalue weighted by molar-refractivity contribution is 6.02. The van der Waals surface area contributed by atoms with E-state index in [9.17, 15) is 19.2 Å². The molecule has 1 heterocycles. The molecule has 0 radical (unpaired) electrons.